The Morgan fingerprint density at radius 1 is 1.17 bits per heavy atom. The van der Waals surface area contributed by atoms with Crippen LogP contribution in [-0.4, -0.2) is 16.1 Å². The molecule has 24 heavy (non-hydrogen) atoms. The van der Waals surface area contributed by atoms with E-state index in [-0.39, 0.29) is 11.2 Å². The predicted octanol–water partition coefficient (Wildman–Crippen LogP) is 3.67. The molecule has 0 aliphatic carbocycles. The van der Waals surface area contributed by atoms with Gasteiger partial charge < -0.3 is 15.3 Å². The molecule has 0 bridgehead atoms. The third-order valence-corrected chi connectivity index (χ3v) is 4.28. The number of benzene rings is 2. The van der Waals surface area contributed by atoms with E-state index in [0.29, 0.717) is 22.5 Å². The van der Waals surface area contributed by atoms with E-state index in [4.69, 9.17) is 15.3 Å². The maximum absolute atomic E-state index is 11.3. The lowest BCUT2D eigenvalue weighted by molar-refractivity contribution is 0.0698. The summed E-state index contributed by atoms with van der Waals surface area (Å²) in [5, 5.41) is 9.15. The van der Waals surface area contributed by atoms with Gasteiger partial charge in [0.15, 0.2) is 5.89 Å². The number of halogens is 2. The van der Waals surface area contributed by atoms with Crippen molar-refractivity contribution in [2.24, 2.45) is 0 Å². The predicted molar refractivity (Wildman–Crippen MR) is 108 cm³/mol. The fourth-order valence-corrected chi connectivity index (χ4v) is 2.85. The molecular weight excluding hydrogens is 538 g/mol. The van der Waals surface area contributed by atoms with Gasteiger partial charge in [0.25, 0.3) is 0 Å². The maximum Gasteiger partial charge on any atom is 0.346 e. The molecule has 3 rings (SSSR count). The maximum atomic E-state index is 11.3. The number of nitrogens with zero attached hydrogens (tertiary/aromatic N) is 1. The zero-order valence-electron chi connectivity index (χ0n) is 12.4. The molecule has 3 aromatic rings. The Morgan fingerprint density at radius 2 is 1.79 bits per heavy atom. The van der Waals surface area contributed by atoms with Crippen molar-refractivity contribution < 1.29 is 14.3 Å². The Kier molecular flexibility index (Phi) is 6.15. The quantitative estimate of drug-likeness (QED) is 0.354. The highest BCUT2D eigenvalue weighted by molar-refractivity contribution is 14.1. The number of carboxylic acid groups (broad SMARTS) is 1. The first-order valence-corrected chi connectivity index (χ1v) is 8.79. The van der Waals surface area contributed by atoms with Crippen molar-refractivity contribution in [3.63, 3.8) is 0 Å². The van der Waals surface area contributed by atoms with Gasteiger partial charge in [-0.25, -0.2) is 14.6 Å². The van der Waals surface area contributed by atoms with Gasteiger partial charge in [-0.1, -0.05) is 0 Å². The third-order valence-electron chi connectivity index (χ3n) is 2.94. The van der Waals surface area contributed by atoms with Crippen molar-refractivity contribution in [3.8, 4) is 0 Å². The van der Waals surface area contributed by atoms with Gasteiger partial charge in [0, 0.05) is 19.8 Å². The topological polar surface area (TPSA) is 106 Å². The molecule has 8 heteroatoms. The molecule has 0 unspecified atom stereocenters. The highest BCUT2D eigenvalue weighted by Crippen LogP contribution is 2.15. The number of rotatable bonds is 1. The van der Waals surface area contributed by atoms with E-state index in [0.717, 1.165) is 7.14 Å². The van der Waals surface area contributed by atoms with E-state index < -0.39 is 5.97 Å². The van der Waals surface area contributed by atoms with E-state index in [1.807, 2.05) is 34.7 Å². The van der Waals surface area contributed by atoms with Gasteiger partial charge in [-0.05, 0) is 81.6 Å². The van der Waals surface area contributed by atoms with Crippen LogP contribution >= 0.6 is 45.2 Å². The number of carbonyl (C=O) groups is 1. The smallest absolute Gasteiger partial charge is 0.346 e. The van der Waals surface area contributed by atoms with Gasteiger partial charge >= 0.3 is 11.6 Å². The second kappa shape index (κ2) is 7.92. The fourth-order valence-electron chi connectivity index (χ4n) is 1.86. The Hall–Kier alpha value is -1.69. The van der Waals surface area contributed by atoms with Crippen LogP contribution in [0.2, 0.25) is 0 Å². The number of carboxylic acids is 1. The van der Waals surface area contributed by atoms with Crippen LogP contribution in [-0.2, 0) is 0 Å². The molecule has 2 aromatic carbocycles. The lowest BCUT2D eigenvalue weighted by Crippen LogP contribution is -2.02. The van der Waals surface area contributed by atoms with Gasteiger partial charge in [0.2, 0.25) is 0 Å². The van der Waals surface area contributed by atoms with Crippen LogP contribution in [0.1, 0.15) is 16.2 Å². The van der Waals surface area contributed by atoms with Crippen LogP contribution in [0.5, 0.6) is 0 Å². The number of fused-ring (bicyclic) bond motifs is 1. The number of nitrogen functional groups attached to an aromatic ring is 1. The van der Waals surface area contributed by atoms with Crippen molar-refractivity contribution in [1.82, 2.24) is 4.98 Å². The van der Waals surface area contributed by atoms with E-state index in [1.54, 1.807) is 25.1 Å². The summed E-state index contributed by atoms with van der Waals surface area (Å²) in [5.74, 6) is -0.584. The summed E-state index contributed by atoms with van der Waals surface area (Å²) >= 11 is 4.18. The lowest BCUT2D eigenvalue weighted by atomic mass is 10.2. The zero-order chi connectivity index (χ0) is 17.9. The molecule has 1 heterocycles. The van der Waals surface area contributed by atoms with Gasteiger partial charge in [-0.3, -0.25) is 0 Å². The average Bonchev–Trinajstić information content (AvgIpc) is 2.51. The number of aromatic carboxylic acids is 1. The van der Waals surface area contributed by atoms with Crippen molar-refractivity contribution in [1.29, 1.82) is 0 Å². The van der Waals surface area contributed by atoms with E-state index >= 15 is 0 Å². The molecule has 0 aliphatic rings. The van der Waals surface area contributed by atoms with E-state index in [1.165, 1.54) is 6.07 Å². The van der Waals surface area contributed by atoms with Crippen molar-refractivity contribution in [3.05, 3.63) is 65.4 Å². The molecule has 0 radical (unpaired) electrons. The SMILES string of the molecule is Cc1nc2ccc(I)cc2c(=O)o1.Nc1ccc(I)cc1C(=O)O. The standard InChI is InChI=1S/C9H6INO2.C7H6INO2/c1-5-11-8-3-2-6(10)4-7(8)9(12)13-5;8-4-1-2-6(9)5(3-4)7(10)11/h2-4H,1H3;1-3H,9H2,(H,10,11). The summed E-state index contributed by atoms with van der Waals surface area (Å²) in [6, 6.07) is 10.4. The first kappa shape index (κ1) is 18.6. The van der Waals surface area contributed by atoms with Gasteiger partial charge in [0.1, 0.15) is 0 Å². The summed E-state index contributed by atoms with van der Waals surface area (Å²) in [5.41, 5.74) is 6.24. The molecular formula is C16H12I2N2O4. The Morgan fingerprint density at radius 3 is 2.42 bits per heavy atom. The van der Waals surface area contributed by atoms with E-state index in [9.17, 15) is 9.59 Å². The van der Waals surface area contributed by atoms with Crippen molar-refractivity contribution in [2.45, 2.75) is 6.92 Å². The Bertz CT molecular complexity index is 970. The molecule has 0 spiro atoms. The highest BCUT2D eigenvalue weighted by Gasteiger charge is 2.06. The van der Waals surface area contributed by atoms with Crippen LogP contribution in [0.4, 0.5) is 5.69 Å². The summed E-state index contributed by atoms with van der Waals surface area (Å²) in [6.45, 7) is 1.67. The molecule has 0 atom stereocenters. The Labute approximate surface area is 164 Å². The van der Waals surface area contributed by atoms with Crippen LogP contribution in [0.3, 0.4) is 0 Å². The minimum Gasteiger partial charge on any atom is -0.478 e. The summed E-state index contributed by atoms with van der Waals surface area (Å²) < 4.78 is 6.75. The Balaban J connectivity index is 0.000000177. The molecule has 0 amide bonds. The molecule has 6 nitrogen and oxygen atoms in total. The molecule has 0 fully saturated rings. The zero-order valence-corrected chi connectivity index (χ0v) is 16.7. The first-order valence-electron chi connectivity index (χ1n) is 6.63. The number of nitrogens with two attached hydrogens (primary N) is 1. The van der Waals surface area contributed by atoms with Crippen LogP contribution in [0.25, 0.3) is 10.9 Å². The van der Waals surface area contributed by atoms with Crippen LogP contribution in [0.15, 0.2) is 45.6 Å². The third kappa shape index (κ3) is 4.66. The second-order valence-corrected chi connectivity index (χ2v) is 7.21. The number of hydrogen-bond donors (Lipinski definition) is 2. The number of aryl methyl sites for hydroxylation is 1. The minimum atomic E-state index is -0.985. The van der Waals surface area contributed by atoms with Crippen molar-refractivity contribution in [2.75, 3.05) is 5.73 Å². The summed E-state index contributed by atoms with van der Waals surface area (Å²) in [4.78, 5) is 25.9. The van der Waals surface area contributed by atoms with Crippen LogP contribution in [0, 0.1) is 14.1 Å². The number of anilines is 1. The molecule has 1 aromatic heterocycles. The summed E-state index contributed by atoms with van der Waals surface area (Å²) in [6.07, 6.45) is 0. The van der Waals surface area contributed by atoms with Gasteiger partial charge in [-0.2, -0.15) is 0 Å². The van der Waals surface area contributed by atoms with Crippen molar-refractivity contribution >= 4 is 67.7 Å². The minimum absolute atomic E-state index is 0.164. The molecule has 3 N–H and O–H groups in total. The van der Waals surface area contributed by atoms with Gasteiger partial charge in [0.05, 0.1) is 16.5 Å². The number of hydrogen-bond acceptors (Lipinski definition) is 5. The molecule has 124 valence electrons. The summed E-state index contributed by atoms with van der Waals surface area (Å²) in [7, 11) is 0. The first-order chi connectivity index (χ1) is 11.3. The number of aromatic nitrogens is 1. The van der Waals surface area contributed by atoms with Crippen LogP contribution < -0.4 is 11.4 Å². The molecule has 0 saturated carbocycles. The monoisotopic (exact) mass is 550 g/mol. The molecule has 0 saturated heterocycles. The molecule has 0 aliphatic heterocycles. The normalized spacial score (nSPS) is 10.1. The fraction of sp³-hybridized carbons (Fsp3) is 0.0625. The second-order valence-electron chi connectivity index (χ2n) is 4.72. The largest absolute Gasteiger partial charge is 0.478 e. The van der Waals surface area contributed by atoms with E-state index in [2.05, 4.69) is 27.6 Å². The average molecular weight is 550 g/mol. The lowest BCUT2D eigenvalue weighted by Gasteiger charge is -1.99. The van der Waals surface area contributed by atoms with Gasteiger partial charge in [-0.15, -0.1) is 0 Å². The highest BCUT2D eigenvalue weighted by atomic mass is 127.